The van der Waals surface area contributed by atoms with E-state index in [0.29, 0.717) is 26.4 Å². The molecule has 0 amide bonds. The van der Waals surface area contributed by atoms with Gasteiger partial charge in [-0.25, -0.2) is 0 Å². The van der Waals surface area contributed by atoms with Crippen LogP contribution >= 0.6 is 0 Å². The average molecular weight is 206 g/mol. The van der Waals surface area contributed by atoms with Crippen LogP contribution in [0.3, 0.4) is 0 Å². The van der Waals surface area contributed by atoms with Crippen molar-refractivity contribution >= 4 is 0 Å². The minimum absolute atomic E-state index is 0.174. The van der Waals surface area contributed by atoms with Gasteiger partial charge in [-0.05, 0) is 7.05 Å². The number of ether oxygens (including phenoxy) is 2. The molecule has 0 unspecified atom stereocenters. The molecule has 0 saturated heterocycles. The average Bonchev–Trinajstić information content (AvgIpc) is 2.21. The number of hydrogen-bond donors (Lipinski definition) is 3. The fourth-order valence-electron chi connectivity index (χ4n) is 0.845. The molecule has 0 aliphatic heterocycles. The molecule has 0 radical (unpaired) electrons. The maximum absolute atomic E-state index is 8.46. The lowest BCUT2D eigenvalue weighted by molar-refractivity contribution is 0.0501. The molecule has 0 aliphatic carbocycles. The van der Waals surface area contributed by atoms with E-state index in [1.165, 1.54) is 0 Å². The van der Waals surface area contributed by atoms with E-state index < -0.39 is 0 Å². The molecule has 86 valence electrons. The molecule has 5 heteroatoms. The van der Waals surface area contributed by atoms with Gasteiger partial charge in [-0.15, -0.1) is 0 Å². The number of likely N-dealkylation sites (N-methyl/N-ethyl adjacent to an activating group) is 1. The highest BCUT2D eigenvalue weighted by atomic mass is 16.5. The number of nitrogens with one attached hydrogen (secondary N) is 2. The van der Waals surface area contributed by atoms with Crippen molar-refractivity contribution in [3.8, 4) is 0 Å². The van der Waals surface area contributed by atoms with Crippen LogP contribution in [0.1, 0.15) is 0 Å². The second-order valence-electron chi connectivity index (χ2n) is 2.80. The lowest BCUT2D eigenvalue weighted by atomic mass is 10.6. The highest BCUT2D eigenvalue weighted by molar-refractivity contribution is 4.43. The lowest BCUT2D eigenvalue weighted by Crippen LogP contribution is -2.23. The SMILES string of the molecule is CNCCOCCOCCNCCO. The molecule has 3 N–H and O–H groups in total. The molecule has 0 atom stereocenters. The van der Waals surface area contributed by atoms with Gasteiger partial charge in [-0.2, -0.15) is 0 Å². The fourth-order valence-corrected chi connectivity index (χ4v) is 0.845. The third-order valence-corrected chi connectivity index (χ3v) is 1.58. The zero-order chi connectivity index (χ0) is 10.5. The van der Waals surface area contributed by atoms with Crippen LogP contribution in [0.15, 0.2) is 0 Å². The van der Waals surface area contributed by atoms with E-state index >= 15 is 0 Å². The van der Waals surface area contributed by atoms with Crippen molar-refractivity contribution in [2.75, 3.05) is 59.7 Å². The summed E-state index contributed by atoms with van der Waals surface area (Å²) in [5.74, 6) is 0. The van der Waals surface area contributed by atoms with Crippen LogP contribution in [0.5, 0.6) is 0 Å². The van der Waals surface area contributed by atoms with Gasteiger partial charge in [0.15, 0.2) is 0 Å². The van der Waals surface area contributed by atoms with E-state index in [1.54, 1.807) is 0 Å². The summed E-state index contributed by atoms with van der Waals surface area (Å²) < 4.78 is 10.5. The summed E-state index contributed by atoms with van der Waals surface area (Å²) in [5, 5.41) is 14.5. The second-order valence-corrected chi connectivity index (χ2v) is 2.80. The molecule has 0 bridgehead atoms. The van der Waals surface area contributed by atoms with Gasteiger partial charge < -0.3 is 25.2 Å². The first kappa shape index (κ1) is 13.8. The Kier molecular flexibility index (Phi) is 12.6. The molecule has 0 heterocycles. The first-order chi connectivity index (χ1) is 6.91. The van der Waals surface area contributed by atoms with E-state index in [2.05, 4.69) is 10.6 Å². The van der Waals surface area contributed by atoms with Gasteiger partial charge in [0.1, 0.15) is 0 Å². The third-order valence-electron chi connectivity index (χ3n) is 1.58. The summed E-state index contributed by atoms with van der Waals surface area (Å²) in [5.41, 5.74) is 0. The number of hydrogen-bond acceptors (Lipinski definition) is 5. The molecule has 0 aromatic heterocycles. The van der Waals surface area contributed by atoms with E-state index in [0.717, 1.165) is 19.7 Å². The van der Waals surface area contributed by atoms with Crippen LogP contribution < -0.4 is 10.6 Å². The van der Waals surface area contributed by atoms with Gasteiger partial charge in [0.05, 0.1) is 33.0 Å². The summed E-state index contributed by atoms with van der Waals surface area (Å²) in [6.07, 6.45) is 0. The molecule has 0 spiro atoms. The summed E-state index contributed by atoms with van der Waals surface area (Å²) in [6.45, 7) is 5.11. The normalized spacial score (nSPS) is 10.7. The van der Waals surface area contributed by atoms with Crippen molar-refractivity contribution in [1.29, 1.82) is 0 Å². The monoisotopic (exact) mass is 206 g/mol. The van der Waals surface area contributed by atoms with E-state index in [-0.39, 0.29) is 6.61 Å². The summed E-state index contributed by atoms with van der Waals surface area (Å²) >= 11 is 0. The van der Waals surface area contributed by atoms with Gasteiger partial charge in [-0.3, -0.25) is 0 Å². The summed E-state index contributed by atoms with van der Waals surface area (Å²) in [4.78, 5) is 0. The Morgan fingerprint density at radius 3 is 2.14 bits per heavy atom. The summed E-state index contributed by atoms with van der Waals surface area (Å²) in [6, 6.07) is 0. The first-order valence-electron chi connectivity index (χ1n) is 5.03. The maximum atomic E-state index is 8.46. The van der Waals surface area contributed by atoms with Crippen LogP contribution in [0.2, 0.25) is 0 Å². The molecule has 14 heavy (non-hydrogen) atoms. The molecule has 0 aromatic rings. The van der Waals surface area contributed by atoms with Gasteiger partial charge in [-0.1, -0.05) is 0 Å². The Labute approximate surface area is 85.8 Å². The molecular weight excluding hydrogens is 184 g/mol. The van der Waals surface area contributed by atoms with Gasteiger partial charge in [0.2, 0.25) is 0 Å². The van der Waals surface area contributed by atoms with Gasteiger partial charge >= 0.3 is 0 Å². The maximum Gasteiger partial charge on any atom is 0.0701 e. The van der Waals surface area contributed by atoms with Crippen LogP contribution in [0.25, 0.3) is 0 Å². The molecule has 0 saturated carbocycles. The van der Waals surface area contributed by atoms with E-state index in [9.17, 15) is 0 Å². The van der Waals surface area contributed by atoms with Crippen molar-refractivity contribution < 1.29 is 14.6 Å². The number of aliphatic hydroxyl groups excluding tert-OH is 1. The van der Waals surface area contributed by atoms with Crippen LogP contribution in [-0.2, 0) is 9.47 Å². The quantitative estimate of drug-likeness (QED) is 0.371. The van der Waals surface area contributed by atoms with Crippen molar-refractivity contribution in [3.63, 3.8) is 0 Å². The molecule has 5 nitrogen and oxygen atoms in total. The van der Waals surface area contributed by atoms with Gasteiger partial charge in [0.25, 0.3) is 0 Å². The summed E-state index contributed by atoms with van der Waals surface area (Å²) in [7, 11) is 1.90. The van der Waals surface area contributed by atoms with Crippen LogP contribution in [-0.4, -0.2) is 64.8 Å². The standard InChI is InChI=1S/C9H22N2O3/c1-10-3-6-13-8-9-14-7-4-11-2-5-12/h10-12H,2-9H2,1H3. The number of aliphatic hydroxyl groups is 1. The topological polar surface area (TPSA) is 62.8 Å². The Morgan fingerprint density at radius 2 is 1.57 bits per heavy atom. The minimum Gasteiger partial charge on any atom is -0.395 e. The molecule has 0 aromatic carbocycles. The minimum atomic E-state index is 0.174. The van der Waals surface area contributed by atoms with Gasteiger partial charge in [0, 0.05) is 19.6 Å². The lowest BCUT2D eigenvalue weighted by Gasteiger charge is -2.06. The van der Waals surface area contributed by atoms with Crippen molar-refractivity contribution in [2.45, 2.75) is 0 Å². The van der Waals surface area contributed by atoms with E-state index in [4.69, 9.17) is 14.6 Å². The fraction of sp³-hybridized carbons (Fsp3) is 1.00. The zero-order valence-electron chi connectivity index (χ0n) is 8.92. The van der Waals surface area contributed by atoms with Crippen molar-refractivity contribution in [1.82, 2.24) is 10.6 Å². The Bertz CT molecular complexity index is 92.1. The Hall–Kier alpha value is -0.200. The predicted octanol–water partition coefficient (Wildman–Crippen LogP) is -1.18. The largest absolute Gasteiger partial charge is 0.395 e. The third kappa shape index (κ3) is 11.8. The first-order valence-corrected chi connectivity index (χ1v) is 5.03. The highest BCUT2D eigenvalue weighted by Gasteiger charge is 1.89. The van der Waals surface area contributed by atoms with Crippen molar-refractivity contribution in [3.05, 3.63) is 0 Å². The van der Waals surface area contributed by atoms with E-state index in [1.807, 2.05) is 7.05 Å². The Morgan fingerprint density at radius 1 is 0.929 bits per heavy atom. The molecule has 0 rings (SSSR count). The second kappa shape index (κ2) is 12.8. The highest BCUT2D eigenvalue weighted by Crippen LogP contribution is 1.77. The zero-order valence-corrected chi connectivity index (χ0v) is 8.92. The van der Waals surface area contributed by atoms with Crippen LogP contribution in [0.4, 0.5) is 0 Å². The number of rotatable bonds is 11. The molecule has 0 aliphatic rings. The smallest absolute Gasteiger partial charge is 0.0701 e. The van der Waals surface area contributed by atoms with Crippen molar-refractivity contribution in [2.24, 2.45) is 0 Å². The predicted molar refractivity (Wildman–Crippen MR) is 55.5 cm³/mol. The molecular formula is C9H22N2O3. The van der Waals surface area contributed by atoms with Crippen LogP contribution in [0, 0.1) is 0 Å². The molecule has 0 fully saturated rings. The Balaban J connectivity index is 2.78.